The van der Waals surface area contributed by atoms with Crippen LogP contribution in [0.25, 0.3) is 0 Å². The van der Waals surface area contributed by atoms with Crippen LogP contribution in [0.1, 0.15) is 85.7 Å². The lowest BCUT2D eigenvalue weighted by atomic mass is 9.80. The summed E-state index contributed by atoms with van der Waals surface area (Å²) in [6.45, 7) is 8.20. The smallest absolute Gasteiger partial charge is 0.330 e. The third kappa shape index (κ3) is 13.0. The van der Waals surface area contributed by atoms with Crippen LogP contribution >= 0.6 is 20.3 Å². The normalized spacial score (nSPS) is 15.8. The van der Waals surface area contributed by atoms with E-state index in [4.69, 9.17) is 28.0 Å². The van der Waals surface area contributed by atoms with Crippen molar-refractivity contribution in [2.45, 2.75) is 81.4 Å². The average Bonchev–Trinajstić information content (AvgIpc) is 3.99. The predicted molar refractivity (Wildman–Crippen MR) is 305 cm³/mol. The third-order valence-corrected chi connectivity index (χ3v) is 16.8. The Hall–Kier alpha value is -7.30. The van der Waals surface area contributed by atoms with Gasteiger partial charge in [-0.1, -0.05) is 157 Å². The molecule has 14 nitrogen and oxygen atoms in total. The molecule has 78 heavy (non-hydrogen) atoms. The Kier molecular flexibility index (Phi) is 19.6. The molecule has 2 N–H and O–H groups in total. The molecule has 0 bridgehead atoms. The fourth-order valence-electron chi connectivity index (χ4n) is 9.74. The number of carbonyl (C=O) groups excluding carboxylic acids is 1. The van der Waals surface area contributed by atoms with Gasteiger partial charge in [0.15, 0.2) is 0 Å². The SMILES string of the molecule is COc1ccc(C(OCC2OC(n3cc(C#CCNC(=O)SC(c4ccccc4)(c4ccccc4)c4ccccc4)c(=O)[nH]c3=O)CC2OP(OCCC#N)N(C(C)C)C(C)C)(c2ccccc2)c2ccc(OC)cc2)cc1. The maximum atomic E-state index is 14.1. The molecule has 402 valence electrons. The summed E-state index contributed by atoms with van der Waals surface area (Å²) in [5, 5.41) is 12.1. The van der Waals surface area contributed by atoms with Crippen molar-refractivity contribution in [1.29, 1.82) is 5.26 Å². The lowest BCUT2D eigenvalue weighted by Crippen LogP contribution is -2.39. The topological polar surface area (TPSA) is 166 Å². The molecule has 4 atom stereocenters. The molecule has 0 aliphatic carbocycles. The van der Waals surface area contributed by atoms with E-state index in [0.717, 1.165) is 45.1 Å². The van der Waals surface area contributed by atoms with E-state index in [1.807, 2.05) is 170 Å². The van der Waals surface area contributed by atoms with Crippen molar-refractivity contribution in [2.75, 3.05) is 34.0 Å². The molecule has 1 aliphatic rings. The average molecular weight is 1090 g/mol. The first-order valence-corrected chi connectivity index (χ1v) is 27.7. The highest BCUT2D eigenvalue weighted by molar-refractivity contribution is 8.14. The van der Waals surface area contributed by atoms with Gasteiger partial charge in [-0.25, -0.2) is 9.46 Å². The summed E-state index contributed by atoms with van der Waals surface area (Å²) in [7, 11) is 1.44. The zero-order valence-electron chi connectivity index (χ0n) is 44.5. The highest BCUT2D eigenvalue weighted by atomic mass is 32.2. The molecule has 1 amide bonds. The summed E-state index contributed by atoms with van der Waals surface area (Å²) in [6, 6.07) is 57.1. The molecule has 4 unspecified atom stereocenters. The highest BCUT2D eigenvalue weighted by Crippen LogP contribution is 2.51. The van der Waals surface area contributed by atoms with E-state index in [1.54, 1.807) is 14.2 Å². The summed E-state index contributed by atoms with van der Waals surface area (Å²) in [6.07, 6.45) is -0.858. The second-order valence-electron chi connectivity index (χ2n) is 18.9. The first-order valence-electron chi connectivity index (χ1n) is 25.8. The molecule has 0 radical (unpaired) electrons. The number of amides is 1. The number of nitriles is 1. The minimum atomic E-state index is -1.79. The van der Waals surface area contributed by atoms with E-state index >= 15 is 0 Å². The number of H-pyrrole nitrogens is 1. The number of nitrogens with one attached hydrogen (secondary N) is 2. The quantitative estimate of drug-likeness (QED) is 0.0286. The molecule has 0 saturated carbocycles. The molecule has 2 heterocycles. The molecular weight excluding hydrogens is 1020 g/mol. The van der Waals surface area contributed by atoms with Gasteiger partial charge in [0.25, 0.3) is 19.3 Å². The summed E-state index contributed by atoms with van der Waals surface area (Å²) in [5.74, 6) is 7.18. The number of aromatic nitrogens is 2. The molecule has 0 spiro atoms. The number of aromatic amines is 1. The Morgan fingerprint density at radius 3 is 1.72 bits per heavy atom. The molecule has 8 rings (SSSR count). The zero-order chi connectivity index (χ0) is 55.1. The van der Waals surface area contributed by atoms with Crippen LogP contribution < -0.4 is 26.0 Å². The second kappa shape index (κ2) is 26.8. The number of methoxy groups -OCH3 is 2. The number of hydrogen-bond acceptors (Lipinski definition) is 12. The van der Waals surface area contributed by atoms with Crippen molar-refractivity contribution in [1.82, 2.24) is 19.5 Å². The summed E-state index contributed by atoms with van der Waals surface area (Å²) in [5.41, 5.74) is 2.55. The maximum absolute atomic E-state index is 14.1. The van der Waals surface area contributed by atoms with E-state index in [2.05, 4.69) is 60.6 Å². The van der Waals surface area contributed by atoms with Crippen molar-refractivity contribution < 1.29 is 32.8 Å². The van der Waals surface area contributed by atoms with E-state index < -0.39 is 48.6 Å². The number of benzene rings is 6. The van der Waals surface area contributed by atoms with Crippen LogP contribution in [0.4, 0.5) is 4.79 Å². The van der Waals surface area contributed by atoms with Crippen molar-refractivity contribution in [2.24, 2.45) is 0 Å². The Morgan fingerprint density at radius 2 is 1.24 bits per heavy atom. The number of rotatable bonds is 22. The Morgan fingerprint density at radius 1 is 0.756 bits per heavy atom. The molecule has 7 aromatic rings. The van der Waals surface area contributed by atoms with Crippen LogP contribution in [-0.2, 0) is 28.9 Å². The van der Waals surface area contributed by atoms with Gasteiger partial charge >= 0.3 is 5.69 Å². The number of carbonyl (C=O) groups is 1. The van der Waals surface area contributed by atoms with Gasteiger partial charge in [-0.2, -0.15) is 5.26 Å². The monoisotopic (exact) mass is 1090 g/mol. The van der Waals surface area contributed by atoms with Crippen LogP contribution in [0.15, 0.2) is 186 Å². The van der Waals surface area contributed by atoms with E-state index in [1.165, 1.54) is 10.8 Å². The standard InChI is InChI=1S/C62H64N5O9PS/c1-44(2)67(45(3)4)77(74-40-20-38-63)76-55-41-57(75-56(55)43-73-61(47-22-11-7-12-23-47,48-30-34-53(71-5)35-31-48)49-32-36-54(72-6)37-33-49)66-42-46(58(68)65-59(66)69)21-19-39-64-60(70)78-62(50-24-13-8-14-25-50,51-26-15-9-16-27-51)52-28-17-10-18-29-52/h7-18,22-37,42,44-45,55-57H,20,39-41,43H2,1-6H3,(H,64,70)(H,65,68,69). The van der Waals surface area contributed by atoms with Gasteiger partial charge in [-0.3, -0.25) is 19.1 Å². The lowest BCUT2D eigenvalue weighted by molar-refractivity contribution is -0.0925. The fourth-order valence-corrected chi connectivity index (χ4v) is 12.7. The molecule has 1 aliphatic heterocycles. The van der Waals surface area contributed by atoms with E-state index in [9.17, 15) is 19.6 Å². The summed E-state index contributed by atoms with van der Waals surface area (Å²) >= 11 is 1.14. The molecule has 6 aromatic carbocycles. The zero-order valence-corrected chi connectivity index (χ0v) is 46.2. The van der Waals surface area contributed by atoms with Crippen molar-refractivity contribution in [3.05, 3.63) is 236 Å². The van der Waals surface area contributed by atoms with Crippen LogP contribution in [0.2, 0.25) is 0 Å². The molecular formula is C62H64N5O9PS. The van der Waals surface area contributed by atoms with Gasteiger partial charge < -0.3 is 33.3 Å². The van der Waals surface area contributed by atoms with Gasteiger partial charge in [0.2, 0.25) is 0 Å². The van der Waals surface area contributed by atoms with Crippen molar-refractivity contribution in [3.8, 4) is 29.4 Å². The molecule has 16 heteroatoms. The van der Waals surface area contributed by atoms with E-state index in [0.29, 0.717) is 11.5 Å². The van der Waals surface area contributed by atoms with Gasteiger partial charge in [0.1, 0.15) is 39.7 Å². The van der Waals surface area contributed by atoms with E-state index in [-0.39, 0.29) is 55.5 Å². The lowest BCUT2D eigenvalue weighted by Gasteiger charge is -2.39. The fraction of sp³-hybridized carbons (Fsp3) is 0.290. The predicted octanol–water partition coefficient (Wildman–Crippen LogP) is 11.3. The van der Waals surface area contributed by atoms with Crippen LogP contribution in [0, 0.1) is 23.2 Å². The molecule has 1 saturated heterocycles. The Balaban J connectivity index is 1.11. The van der Waals surface area contributed by atoms with Crippen molar-refractivity contribution >= 4 is 25.5 Å². The first-order chi connectivity index (χ1) is 37.9. The minimum absolute atomic E-state index is 0.00708. The van der Waals surface area contributed by atoms with Gasteiger partial charge in [-0.15, -0.1) is 0 Å². The highest BCUT2D eigenvalue weighted by Gasteiger charge is 2.45. The van der Waals surface area contributed by atoms with Crippen LogP contribution in [-0.4, -0.2) is 77.7 Å². The first kappa shape index (κ1) is 56.9. The van der Waals surface area contributed by atoms with Crippen LogP contribution in [0.3, 0.4) is 0 Å². The largest absolute Gasteiger partial charge is 0.497 e. The van der Waals surface area contributed by atoms with Gasteiger partial charge in [0.05, 0.1) is 52.6 Å². The second-order valence-corrected chi connectivity index (χ2v) is 21.5. The Bertz CT molecular complexity index is 3120. The molecule has 1 fully saturated rings. The Labute approximate surface area is 461 Å². The number of hydrogen-bond donors (Lipinski definition) is 2. The third-order valence-electron chi connectivity index (χ3n) is 13.3. The maximum Gasteiger partial charge on any atom is 0.330 e. The van der Waals surface area contributed by atoms with Crippen LogP contribution in [0.5, 0.6) is 11.5 Å². The number of nitrogens with zero attached hydrogens (tertiary/aromatic N) is 3. The van der Waals surface area contributed by atoms with Gasteiger partial charge in [-0.05, 0) is 97.1 Å². The molecule has 1 aromatic heterocycles. The minimum Gasteiger partial charge on any atom is -0.497 e. The number of ether oxygens (including phenoxy) is 4. The summed E-state index contributed by atoms with van der Waals surface area (Å²) < 4.78 is 41.3. The van der Waals surface area contributed by atoms with Crippen molar-refractivity contribution in [3.63, 3.8) is 0 Å². The number of thioether (sulfide) groups is 1. The van der Waals surface area contributed by atoms with Gasteiger partial charge in [0, 0.05) is 24.7 Å². The summed E-state index contributed by atoms with van der Waals surface area (Å²) in [4.78, 5) is 43.9.